The normalized spacial score (nSPS) is 17.0. The second-order valence-electron chi connectivity index (χ2n) is 16.2. The maximum atomic E-state index is 13.3. The van der Waals surface area contributed by atoms with Gasteiger partial charge in [-0.3, -0.25) is 33.8 Å². The number of fused-ring (bicyclic) bond motifs is 3. The summed E-state index contributed by atoms with van der Waals surface area (Å²) in [7, 11) is 7.17. The summed E-state index contributed by atoms with van der Waals surface area (Å²) < 4.78 is 11.2. The van der Waals surface area contributed by atoms with E-state index in [-0.39, 0.29) is 35.7 Å². The number of aryl methyl sites for hydroxylation is 2. The number of anilines is 2. The minimum absolute atomic E-state index is 0.0320. The lowest BCUT2D eigenvalue weighted by atomic mass is 10.0. The highest BCUT2D eigenvalue weighted by molar-refractivity contribution is 14.1. The number of benzene rings is 2. The number of aromatic nitrogens is 4. The van der Waals surface area contributed by atoms with Gasteiger partial charge in [0.2, 0.25) is 11.8 Å². The summed E-state index contributed by atoms with van der Waals surface area (Å²) >= 11 is 2.22. The molecule has 63 heavy (non-hydrogen) atoms. The number of H-pyrrole nitrogens is 1. The fourth-order valence-corrected chi connectivity index (χ4v) is 9.32. The summed E-state index contributed by atoms with van der Waals surface area (Å²) in [6, 6.07) is 6.87. The van der Waals surface area contributed by atoms with Gasteiger partial charge in [-0.25, -0.2) is 15.0 Å². The van der Waals surface area contributed by atoms with Crippen LogP contribution in [0.2, 0.25) is 0 Å². The van der Waals surface area contributed by atoms with Crippen LogP contribution in [0.1, 0.15) is 94.2 Å². The summed E-state index contributed by atoms with van der Waals surface area (Å²) in [5.74, 6) is 0.587. The van der Waals surface area contributed by atoms with E-state index in [4.69, 9.17) is 25.9 Å². The number of halogens is 1. The van der Waals surface area contributed by atoms with Crippen molar-refractivity contribution in [3.05, 3.63) is 84.7 Å². The van der Waals surface area contributed by atoms with E-state index in [0.717, 1.165) is 83.9 Å². The van der Waals surface area contributed by atoms with Gasteiger partial charge in [0.05, 0.1) is 70.0 Å². The molecule has 18 heteroatoms. The van der Waals surface area contributed by atoms with E-state index in [2.05, 4.69) is 54.4 Å². The number of piperidine rings is 2. The lowest BCUT2D eigenvalue weighted by molar-refractivity contribution is 0.0501. The van der Waals surface area contributed by atoms with Crippen molar-refractivity contribution in [3.63, 3.8) is 0 Å². The fourth-order valence-electron chi connectivity index (χ4n) is 8.67. The van der Waals surface area contributed by atoms with Crippen molar-refractivity contribution in [1.29, 1.82) is 0 Å². The molecular weight excluding hydrogens is 919 g/mol. The lowest BCUT2D eigenvalue weighted by Crippen LogP contribution is -2.46. The third kappa shape index (κ3) is 8.33. The first-order chi connectivity index (χ1) is 30.1. The van der Waals surface area contributed by atoms with Crippen LogP contribution in [0.3, 0.4) is 0 Å². The van der Waals surface area contributed by atoms with E-state index >= 15 is 0 Å². The molecule has 2 fully saturated rings. The third-order valence-electron chi connectivity index (χ3n) is 12.3. The standard InChI is InChI=1S/C22H22IN5O3.C15H20N4O2.C8H9NO2/c1-11-16-13(21(29)28(22(16)30)12-5-8-27(2)9-6-12)10-15-18(11)26-19(25-15)17-14(23)4-7-24-20(17)31-3;1-8-12-10(7-11(16)13(8)17)14(20)19(15(12)21)9-3-5-18(2)6-4-9;1-6-3-4-9-8(11-2)7(6)5-10/h4,7,10,12H,5-6,8-9H2,1-3H3,(H,25,26);7,9H,3-6,16-17H2,1-2H3;3-5H,1-2H3. The molecule has 2 aromatic carbocycles. The molecule has 0 radical (unpaired) electrons. The summed E-state index contributed by atoms with van der Waals surface area (Å²) in [4.78, 5) is 85.8. The number of imidazole rings is 1. The third-order valence-corrected chi connectivity index (χ3v) is 13.2. The molecule has 7 heterocycles. The zero-order valence-corrected chi connectivity index (χ0v) is 38.5. The number of carbonyl (C=O) groups is 5. The Bertz CT molecular complexity index is 2650. The van der Waals surface area contributed by atoms with Gasteiger partial charge in [0.15, 0.2) is 6.29 Å². The zero-order chi connectivity index (χ0) is 45.4. The van der Waals surface area contributed by atoms with Gasteiger partial charge in [0.25, 0.3) is 23.6 Å². The monoisotopic (exact) mass is 970 g/mol. The molecule has 0 aliphatic carbocycles. The minimum atomic E-state index is -0.237. The molecule has 9 rings (SSSR count). The summed E-state index contributed by atoms with van der Waals surface area (Å²) in [5.41, 5.74) is 19.1. The van der Waals surface area contributed by atoms with E-state index in [1.165, 1.54) is 23.0 Å². The largest absolute Gasteiger partial charge is 0.480 e. The number of nitrogens with one attached hydrogen (secondary N) is 1. The number of nitrogens with zero attached hydrogens (tertiary/aromatic N) is 7. The predicted molar refractivity (Wildman–Crippen MR) is 246 cm³/mol. The maximum Gasteiger partial charge on any atom is 0.262 e. The molecule has 0 bridgehead atoms. The van der Waals surface area contributed by atoms with Crippen LogP contribution >= 0.6 is 22.6 Å². The number of nitrogen functional groups attached to an aromatic ring is 2. The van der Waals surface area contributed by atoms with Gasteiger partial charge in [0, 0.05) is 28.0 Å². The summed E-state index contributed by atoms with van der Waals surface area (Å²) in [6.45, 7) is 8.99. The number of methoxy groups -OCH3 is 2. The predicted octanol–water partition coefficient (Wildman–Crippen LogP) is 5.30. The Morgan fingerprint density at radius 3 is 1.76 bits per heavy atom. The molecule has 0 atom stereocenters. The number of hydrogen-bond donors (Lipinski definition) is 3. The minimum Gasteiger partial charge on any atom is -0.480 e. The van der Waals surface area contributed by atoms with Crippen LogP contribution in [0.15, 0.2) is 36.7 Å². The van der Waals surface area contributed by atoms with Crippen LogP contribution in [-0.4, -0.2) is 136 Å². The number of ether oxygens (including phenoxy) is 2. The van der Waals surface area contributed by atoms with Gasteiger partial charge in [-0.05, 0) is 150 Å². The first-order valence-corrected chi connectivity index (χ1v) is 21.7. The van der Waals surface area contributed by atoms with Crippen molar-refractivity contribution < 1.29 is 33.4 Å². The Morgan fingerprint density at radius 2 is 1.24 bits per heavy atom. The number of nitrogens with two attached hydrogens (primary N) is 2. The molecule has 5 N–H and O–H groups in total. The molecule has 2 saturated heterocycles. The van der Waals surface area contributed by atoms with Crippen LogP contribution < -0.4 is 20.9 Å². The number of aldehydes is 1. The molecule has 3 aromatic heterocycles. The Kier molecular flexibility index (Phi) is 13.1. The van der Waals surface area contributed by atoms with E-state index in [1.54, 1.807) is 38.6 Å². The number of imide groups is 2. The van der Waals surface area contributed by atoms with Crippen LogP contribution in [0.4, 0.5) is 11.4 Å². The lowest BCUT2D eigenvalue weighted by Gasteiger charge is -2.33. The van der Waals surface area contributed by atoms with E-state index in [9.17, 15) is 24.0 Å². The Morgan fingerprint density at radius 1 is 0.730 bits per heavy atom. The summed E-state index contributed by atoms with van der Waals surface area (Å²) in [5, 5.41) is 0. The molecule has 17 nitrogen and oxygen atoms in total. The van der Waals surface area contributed by atoms with Crippen molar-refractivity contribution in [1.82, 2.24) is 39.5 Å². The van der Waals surface area contributed by atoms with Gasteiger partial charge in [0.1, 0.15) is 5.82 Å². The van der Waals surface area contributed by atoms with Gasteiger partial charge < -0.3 is 35.7 Å². The average molecular weight is 971 g/mol. The molecule has 330 valence electrons. The second kappa shape index (κ2) is 18.4. The molecule has 0 saturated carbocycles. The number of amides is 4. The highest BCUT2D eigenvalue weighted by Crippen LogP contribution is 2.38. The number of hydrogen-bond acceptors (Lipinski definition) is 14. The van der Waals surface area contributed by atoms with Gasteiger partial charge in [-0.1, -0.05) is 0 Å². The quantitative estimate of drug-likeness (QED) is 0.0851. The van der Waals surface area contributed by atoms with Crippen LogP contribution in [-0.2, 0) is 0 Å². The number of likely N-dealkylation sites (tertiary alicyclic amines) is 2. The summed E-state index contributed by atoms with van der Waals surface area (Å²) in [6.07, 6.45) is 7.28. The number of pyridine rings is 2. The highest BCUT2D eigenvalue weighted by atomic mass is 127. The van der Waals surface area contributed by atoms with Gasteiger partial charge in [-0.2, -0.15) is 0 Å². The fraction of sp³-hybridized carbons (Fsp3) is 0.378. The van der Waals surface area contributed by atoms with Gasteiger partial charge in [-0.15, -0.1) is 0 Å². The van der Waals surface area contributed by atoms with E-state index in [1.807, 2.05) is 27.0 Å². The topological polar surface area (TPSA) is 223 Å². The number of rotatable bonds is 6. The highest BCUT2D eigenvalue weighted by Gasteiger charge is 2.44. The first-order valence-electron chi connectivity index (χ1n) is 20.6. The molecule has 4 amide bonds. The zero-order valence-electron chi connectivity index (χ0n) is 36.4. The Balaban J connectivity index is 0.000000160. The second-order valence-corrected chi connectivity index (χ2v) is 17.4. The number of aromatic amines is 1. The Hall–Kier alpha value is -5.99. The molecule has 5 aromatic rings. The number of carbonyl (C=O) groups excluding carboxylic acids is 5. The smallest absolute Gasteiger partial charge is 0.262 e. The molecule has 4 aliphatic rings. The SMILES string of the molecule is COc1nccc(C)c1C=O.COc1nccc(I)c1-c1nc2c(C)c3c(cc2[nH]1)C(=O)N(C1CCN(C)CC1)C3=O.Cc1c(N)c(N)cc2c1C(=O)N(C1CCN(C)CC1)C2=O. The maximum absolute atomic E-state index is 13.3. The van der Waals surface area contributed by atoms with Gasteiger partial charge >= 0.3 is 0 Å². The Labute approximate surface area is 378 Å². The van der Waals surface area contributed by atoms with Crippen molar-refractivity contribution in [2.24, 2.45) is 0 Å². The molecule has 0 unspecified atom stereocenters. The van der Waals surface area contributed by atoms with E-state index in [0.29, 0.717) is 67.9 Å². The molecule has 0 spiro atoms. The van der Waals surface area contributed by atoms with Crippen LogP contribution in [0.5, 0.6) is 11.8 Å². The van der Waals surface area contributed by atoms with E-state index < -0.39 is 0 Å². The van der Waals surface area contributed by atoms with Crippen molar-refractivity contribution in [2.75, 3.05) is 66.0 Å². The van der Waals surface area contributed by atoms with Crippen molar-refractivity contribution in [3.8, 4) is 23.1 Å². The van der Waals surface area contributed by atoms with Crippen LogP contribution in [0.25, 0.3) is 22.4 Å². The van der Waals surface area contributed by atoms with Crippen molar-refractivity contribution >= 4 is 74.9 Å². The molecular formula is C45H51IN10O7. The van der Waals surface area contributed by atoms with Crippen LogP contribution in [0, 0.1) is 24.3 Å². The van der Waals surface area contributed by atoms with Crippen molar-refractivity contribution in [2.45, 2.75) is 58.5 Å². The molecule has 4 aliphatic heterocycles. The first kappa shape index (κ1) is 45.0. The average Bonchev–Trinajstić information content (AvgIpc) is 3.89.